The van der Waals surface area contributed by atoms with Crippen molar-refractivity contribution in [1.82, 2.24) is 15.6 Å². The molecular weight excluding hydrogens is 443 g/mol. The van der Waals surface area contributed by atoms with Crippen LogP contribution in [0.5, 0.6) is 0 Å². The van der Waals surface area contributed by atoms with Gasteiger partial charge < -0.3 is 5.32 Å². The summed E-state index contributed by atoms with van der Waals surface area (Å²) in [6, 6.07) is 13.2. The second-order valence-electron chi connectivity index (χ2n) is 8.10. The number of carbonyl (C=O) groups excluding carboxylic acids is 2. The molecule has 2 aromatic carbocycles. The highest BCUT2D eigenvalue weighted by Gasteiger charge is 2.26. The molecule has 0 aliphatic carbocycles. The molecule has 0 saturated carbocycles. The highest BCUT2D eigenvalue weighted by atomic mass is 35.5. The van der Waals surface area contributed by atoms with Gasteiger partial charge in [-0.1, -0.05) is 42.3 Å². The standard InChI is InChI=1S/C25H30ClFN4O2/c26-21-12-9-13-22(27)20(21)18-29-30-25(33)23(31-16-7-2-8-17-31)14-5-6-15-28-24(32)19-10-3-1-4-11-19/h1,3-4,9-13,18,23H,2,5-8,14-17H2,(H,28,32)(H,30,33)/b29-18+/t23-/m1/s1. The number of halogens is 2. The van der Waals surface area contributed by atoms with Gasteiger partial charge >= 0.3 is 0 Å². The Balaban J connectivity index is 1.50. The second kappa shape index (κ2) is 13.1. The van der Waals surface area contributed by atoms with E-state index in [9.17, 15) is 14.0 Å². The van der Waals surface area contributed by atoms with Gasteiger partial charge in [0.2, 0.25) is 0 Å². The van der Waals surface area contributed by atoms with E-state index in [4.69, 9.17) is 11.6 Å². The average Bonchev–Trinajstić information content (AvgIpc) is 2.84. The lowest BCUT2D eigenvalue weighted by molar-refractivity contribution is -0.127. The molecule has 6 nitrogen and oxygen atoms in total. The molecule has 2 amide bonds. The Labute approximate surface area is 199 Å². The number of hydrogen-bond acceptors (Lipinski definition) is 4. The number of piperidine rings is 1. The molecule has 0 radical (unpaired) electrons. The molecule has 2 N–H and O–H groups in total. The van der Waals surface area contributed by atoms with E-state index in [0.29, 0.717) is 18.5 Å². The number of amides is 2. The molecular formula is C25H30ClFN4O2. The Morgan fingerprint density at radius 2 is 1.82 bits per heavy atom. The number of rotatable bonds is 10. The van der Waals surface area contributed by atoms with Crippen molar-refractivity contribution in [3.05, 3.63) is 70.5 Å². The highest BCUT2D eigenvalue weighted by molar-refractivity contribution is 6.33. The van der Waals surface area contributed by atoms with Gasteiger partial charge in [0.1, 0.15) is 5.82 Å². The maximum absolute atomic E-state index is 13.9. The summed E-state index contributed by atoms with van der Waals surface area (Å²) in [6.45, 7) is 2.28. The molecule has 1 aliphatic heterocycles. The molecule has 3 rings (SSSR count). The van der Waals surface area contributed by atoms with Gasteiger partial charge in [-0.25, -0.2) is 9.82 Å². The van der Waals surface area contributed by atoms with Gasteiger partial charge in [0, 0.05) is 17.7 Å². The average molecular weight is 473 g/mol. The fourth-order valence-corrected chi connectivity index (χ4v) is 4.15. The number of likely N-dealkylation sites (tertiary alicyclic amines) is 1. The summed E-state index contributed by atoms with van der Waals surface area (Å²) < 4.78 is 13.9. The van der Waals surface area contributed by atoms with Crippen molar-refractivity contribution in [2.45, 2.75) is 44.6 Å². The van der Waals surface area contributed by atoms with E-state index in [2.05, 4.69) is 20.7 Å². The molecule has 0 bridgehead atoms. The first kappa shape index (κ1) is 24.9. The summed E-state index contributed by atoms with van der Waals surface area (Å²) in [5.41, 5.74) is 3.33. The van der Waals surface area contributed by atoms with Crippen LogP contribution in [0.1, 0.15) is 54.4 Å². The van der Waals surface area contributed by atoms with E-state index in [1.165, 1.54) is 24.8 Å². The van der Waals surface area contributed by atoms with Gasteiger partial charge in [0.15, 0.2) is 0 Å². The van der Waals surface area contributed by atoms with Gasteiger partial charge in [-0.3, -0.25) is 14.5 Å². The monoisotopic (exact) mass is 472 g/mol. The molecule has 0 unspecified atom stereocenters. The Bertz CT molecular complexity index is 928. The third kappa shape index (κ3) is 7.65. The van der Waals surface area contributed by atoms with Crippen LogP contribution in [0, 0.1) is 5.82 Å². The summed E-state index contributed by atoms with van der Waals surface area (Å²) in [6.07, 6.45) is 6.73. The molecule has 1 aliphatic rings. The maximum atomic E-state index is 13.9. The summed E-state index contributed by atoms with van der Waals surface area (Å²) in [4.78, 5) is 27.2. The number of nitrogens with zero attached hydrogens (tertiary/aromatic N) is 2. The quantitative estimate of drug-likeness (QED) is 0.306. The van der Waals surface area contributed by atoms with Gasteiger partial charge in [0.05, 0.1) is 17.3 Å². The van der Waals surface area contributed by atoms with Gasteiger partial charge in [0.25, 0.3) is 11.8 Å². The van der Waals surface area contributed by atoms with E-state index in [0.717, 1.165) is 38.8 Å². The number of nitrogens with one attached hydrogen (secondary N) is 2. The Kier molecular flexibility index (Phi) is 9.84. The first-order chi connectivity index (χ1) is 16.1. The van der Waals surface area contributed by atoms with Crippen molar-refractivity contribution in [1.29, 1.82) is 0 Å². The molecule has 0 spiro atoms. The van der Waals surface area contributed by atoms with Crippen LogP contribution in [0.15, 0.2) is 53.6 Å². The van der Waals surface area contributed by atoms with Crippen LogP contribution < -0.4 is 10.7 Å². The van der Waals surface area contributed by atoms with Crippen LogP contribution in [-0.2, 0) is 4.79 Å². The van der Waals surface area contributed by atoms with Gasteiger partial charge in [-0.2, -0.15) is 5.10 Å². The molecule has 33 heavy (non-hydrogen) atoms. The summed E-state index contributed by atoms with van der Waals surface area (Å²) >= 11 is 6.01. The smallest absolute Gasteiger partial charge is 0.257 e. The maximum Gasteiger partial charge on any atom is 0.257 e. The lowest BCUT2D eigenvalue weighted by atomic mass is 10.0. The molecule has 2 aromatic rings. The fraction of sp³-hybridized carbons (Fsp3) is 0.400. The fourth-order valence-electron chi connectivity index (χ4n) is 3.93. The van der Waals surface area contributed by atoms with Crippen molar-refractivity contribution < 1.29 is 14.0 Å². The Morgan fingerprint density at radius 1 is 1.06 bits per heavy atom. The molecule has 1 atom stereocenters. The third-order valence-corrected chi connectivity index (χ3v) is 6.06. The number of carbonyl (C=O) groups is 2. The zero-order valence-corrected chi connectivity index (χ0v) is 19.4. The molecule has 0 aromatic heterocycles. The van der Waals surface area contributed by atoms with Crippen molar-refractivity contribution >= 4 is 29.6 Å². The summed E-state index contributed by atoms with van der Waals surface area (Å²) in [5.74, 6) is -0.804. The predicted molar refractivity (Wildman–Crippen MR) is 129 cm³/mol. The number of hydrazone groups is 1. The van der Waals surface area contributed by atoms with Crippen LogP contribution in [0.25, 0.3) is 0 Å². The zero-order chi connectivity index (χ0) is 23.5. The molecule has 1 saturated heterocycles. The lowest BCUT2D eigenvalue weighted by Crippen LogP contribution is -2.47. The highest BCUT2D eigenvalue weighted by Crippen LogP contribution is 2.18. The minimum atomic E-state index is -0.495. The Morgan fingerprint density at radius 3 is 2.55 bits per heavy atom. The topological polar surface area (TPSA) is 73.8 Å². The normalized spacial score (nSPS) is 15.3. The van der Waals surface area contributed by atoms with Crippen LogP contribution in [0.3, 0.4) is 0 Å². The van der Waals surface area contributed by atoms with E-state index >= 15 is 0 Å². The van der Waals surface area contributed by atoms with E-state index < -0.39 is 5.82 Å². The van der Waals surface area contributed by atoms with Crippen molar-refractivity contribution in [3.63, 3.8) is 0 Å². The molecule has 1 fully saturated rings. The first-order valence-corrected chi connectivity index (χ1v) is 11.8. The number of benzene rings is 2. The van der Waals surface area contributed by atoms with Gasteiger partial charge in [-0.15, -0.1) is 0 Å². The minimum Gasteiger partial charge on any atom is -0.352 e. The molecule has 176 valence electrons. The first-order valence-electron chi connectivity index (χ1n) is 11.4. The van der Waals surface area contributed by atoms with Crippen molar-refractivity contribution in [3.8, 4) is 0 Å². The van der Waals surface area contributed by atoms with Crippen LogP contribution >= 0.6 is 11.6 Å². The summed E-state index contributed by atoms with van der Waals surface area (Å²) in [7, 11) is 0. The zero-order valence-electron chi connectivity index (χ0n) is 18.6. The minimum absolute atomic E-state index is 0.0953. The Hall–Kier alpha value is -2.77. The van der Waals surface area contributed by atoms with E-state index in [-0.39, 0.29) is 28.4 Å². The number of unbranched alkanes of at least 4 members (excludes halogenated alkanes) is 1. The van der Waals surface area contributed by atoms with Crippen molar-refractivity contribution in [2.75, 3.05) is 19.6 Å². The van der Waals surface area contributed by atoms with Crippen molar-refractivity contribution in [2.24, 2.45) is 5.10 Å². The predicted octanol–water partition coefficient (Wildman–Crippen LogP) is 4.38. The van der Waals surface area contributed by atoms with Crippen LogP contribution in [-0.4, -0.2) is 48.6 Å². The van der Waals surface area contributed by atoms with E-state index in [1.807, 2.05) is 18.2 Å². The number of hydrogen-bond donors (Lipinski definition) is 2. The molecule has 8 heteroatoms. The van der Waals surface area contributed by atoms with Crippen LogP contribution in [0.2, 0.25) is 5.02 Å². The largest absolute Gasteiger partial charge is 0.352 e. The lowest BCUT2D eigenvalue weighted by Gasteiger charge is -2.33. The SMILES string of the molecule is O=C(NCCCC[C@H](C(=O)N/N=C/c1c(F)cccc1Cl)N1CCCCC1)c1ccccc1. The molecule has 1 heterocycles. The van der Waals surface area contributed by atoms with Crippen LogP contribution in [0.4, 0.5) is 4.39 Å². The third-order valence-electron chi connectivity index (χ3n) is 5.73. The second-order valence-corrected chi connectivity index (χ2v) is 8.51. The van der Waals surface area contributed by atoms with Gasteiger partial charge in [-0.05, 0) is 69.5 Å². The summed E-state index contributed by atoms with van der Waals surface area (Å²) in [5, 5.41) is 7.10. The van der Waals surface area contributed by atoms with E-state index in [1.54, 1.807) is 18.2 Å².